The average Bonchev–Trinajstić information content (AvgIpc) is 3.13. The molecule has 3 nitrogen and oxygen atoms in total. The Morgan fingerprint density at radius 1 is 0.769 bits per heavy atom. The van der Waals surface area contributed by atoms with Gasteiger partial charge < -0.3 is 10.7 Å². The van der Waals surface area contributed by atoms with Gasteiger partial charge in [-0.1, -0.05) is 84.6 Å². The van der Waals surface area contributed by atoms with E-state index in [2.05, 4.69) is 41.4 Å². The number of thioether (sulfide) groups is 1. The van der Waals surface area contributed by atoms with Crippen LogP contribution < -0.4 is 5.73 Å². The topological polar surface area (TPSA) is 54.7 Å². The largest absolute Gasteiger partial charge is 0.399 e. The van der Waals surface area contributed by atoms with Gasteiger partial charge in [-0.05, 0) is 17.7 Å². The molecule has 0 bridgehead atoms. The highest BCUT2D eigenvalue weighted by atomic mass is 32.2. The summed E-state index contributed by atoms with van der Waals surface area (Å²) in [6, 6.07) is 28.6. The summed E-state index contributed by atoms with van der Waals surface area (Å²) in [7, 11) is 0. The fraction of sp³-hybridized carbons (Fsp3) is 0.0455. The maximum absolute atomic E-state index is 5.76. The minimum absolute atomic E-state index is 0.787. The third-order valence-corrected chi connectivity index (χ3v) is 5.09. The molecule has 0 unspecified atom stereocenters. The summed E-state index contributed by atoms with van der Waals surface area (Å²) in [6.45, 7) is 0. The van der Waals surface area contributed by atoms with Crippen molar-refractivity contribution in [3.63, 3.8) is 0 Å². The number of nitrogen functional groups attached to an aromatic ring is 1. The van der Waals surface area contributed by atoms with Gasteiger partial charge in [0.2, 0.25) is 0 Å². The number of hydrogen-bond acceptors (Lipinski definition) is 3. The molecule has 0 saturated carbocycles. The number of benzene rings is 3. The van der Waals surface area contributed by atoms with Crippen LogP contribution in [0.2, 0.25) is 0 Å². The van der Waals surface area contributed by atoms with Gasteiger partial charge in [-0.2, -0.15) is 0 Å². The lowest BCUT2D eigenvalue weighted by atomic mass is 10.1. The molecule has 0 fully saturated rings. The van der Waals surface area contributed by atoms with Crippen molar-refractivity contribution in [2.24, 2.45) is 0 Å². The molecular weight excluding hydrogens is 338 g/mol. The number of aromatic nitrogens is 2. The highest BCUT2D eigenvalue weighted by molar-refractivity contribution is 7.98. The summed E-state index contributed by atoms with van der Waals surface area (Å²) in [5.41, 5.74) is 12.1. The molecule has 0 atom stereocenters. The number of nitrogens with one attached hydrogen (secondary N) is 1. The van der Waals surface area contributed by atoms with Crippen LogP contribution in [0.3, 0.4) is 0 Å². The van der Waals surface area contributed by atoms with Gasteiger partial charge in [-0.25, -0.2) is 4.98 Å². The van der Waals surface area contributed by atoms with Crippen LogP contribution in [0.25, 0.3) is 22.5 Å². The first-order chi connectivity index (χ1) is 12.8. The number of imidazole rings is 1. The van der Waals surface area contributed by atoms with Crippen molar-refractivity contribution in [2.45, 2.75) is 10.9 Å². The van der Waals surface area contributed by atoms with E-state index in [0.29, 0.717) is 0 Å². The van der Waals surface area contributed by atoms with Gasteiger partial charge >= 0.3 is 0 Å². The Bertz CT molecular complexity index is 920. The lowest BCUT2D eigenvalue weighted by Crippen LogP contribution is -1.86. The van der Waals surface area contributed by atoms with Crippen molar-refractivity contribution >= 4 is 17.4 Å². The van der Waals surface area contributed by atoms with Gasteiger partial charge in [-0.15, -0.1) is 0 Å². The quantitative estimate of drug-likeness (QED) is 0.360. The Labute approximate surface area is 157 Å². The van der Waals surface area contributed by atoms with Crippen molar-refractivity contribution in [2.75, 3.05) is 5.73 Å². The minimum atomic E-state index is 0.787. The second-order valence-corrected chi connectivity index (χ2v) is 6.99. The molecular formula is C22H19N3S. The molecule has 1 aromatic heterocycles. The van der Waals surface area contributed by atoms with Gasteiger partial charge in [0, 0.05) is 22.6 Å². The second-order valence-electron chi connectivity index (χ2n) is 6.03. The number of H-pyrrole nitrogens is 1. The second kappa shape index (κ2) is 7.50. The van der Waals surface area contributed by atoms with E-state index < -0.39 is 0 Å². The first-order valence-corrected chi connectivity index (χ1v) is 9.46. The number of rotatable bonds is 5. The molecule has 0 spiro atoms. The van der Waals surface area contributed by atoms with E-state index in [-0.39, 0.29) is 0 Å². The van der Waals surface area contributed by atoms with E-state index in [1.165, 1.54) is 5.56 Å². The molecule has 0 aliphatic carbocycles. The summed E-state index contributed by atoms with van der Waals surface area (Å²) in [5.74, 6) is 0.844. The van der Waals surface area contributed by atoms with Crippen molar-refractivity contribution in [3.8, 4) is 22.5 Å². The normalized spacial score (nSPS) is 10.8. The molecule has 4 heteroatoms. The van der Waals surface area contributed by atoms with Crippen LogP contribution >= 0.6 is 11.8 Å². The van der Waals surface area contributed by atoms with Crippen LogP contribution in [0.15, 0.2) is 90.1 Å². The summed E-state index contributed by atoms with van der Waals surface area (Å²) in [6.07, 6.45) is 0. The van der Waals surface area contributed by atoms with E-state index in [1.807, 2.05) is 48.5 Å². The van der Waals surface area contributed by atoms with Crippen LogP contribution in [-0.4, -0.2) is 9.97 Å². The molecule has 128 valence electrons. The molecule has 4 aromatic rings. The van der Waals surface area contributed by atoms with Gasteiger partial charge in [0.25, 0.3) is 0 Å². The highest BCUT2D eigenvalue weighted by Gasteiger charge is 2.14. The monoisotopic (exact) mass is 357 g/mol. The number of aromatic amines is 1. The smallest absolute Gasteiger partial charge is 0.166 e. The van der Waals surface area contributed by atoms with E-state index in [4.69, 9.17) is 10.7 Å². The third-order valence-electron chi connectivity index (χ3n) is 4.15. The zero-order valence-electron chi connectivity index (χ0n) is 14.2. The van der Waals surface area contributed by atoms with Crippen molar-refractivity contribution in [1.82, 2.24) is 9.97 Å². The lowest BCUT2D eigenvalue weighted by molar-refractivity contribution is 1.06. The number of nitrogens with zero attached hydrogens (tertiary/aromatic N) is 1. The predicted molar refractivity (Wildman–Crippen MR) is 110 cm³/mol. The minimum Gasteiger partial charge on any atom is -0.399 e. The van der Waals surface area contributed by atoms with Gasteiger partial charge in [0.05, 0.1) is 11.4 Å². The maximum atomic E-state index is 5.76. The van der Waals surface area contributed by atoms with Crippen molar-refractivity contribution in [1.29, 1.82) is 0 Å². The van der Waals surface area contributed by atoms with E-state index in [0.717, 1.165) is 39.1 Å². The SMILES string of the molecule is Nc1ccc(CSc2nc(-c3ccccc3)c(-c3ccccc3)[nH]2)cc1. The van der Waals surface area contributed by atoms with Crippen LogP contribution in [0.4, 0.5) is 5.69 Å². The predicted octanol–water partition coefficient (Wildman–Crippen LogP) is 5.62. The van der Waals surface area contributed by atoms with Crippen molar-refractivity contribution < 1.29 is 0 Å². The first kappa shape index (κ1) is 16.5. The molecule has 0 saturated heterocycles. The maximum Gasteiger partial charge on any atom is 0.166 e. The third kappa shape index (κ3) is 3.65. The Balaban J connectivity index is 1.66. The van der Waals surface area contributed by atoms with Gasteiger partial charge in [0.1, 0.15) is 0 Å². The summed E-state index contributed by atoms with van der Waals surface area (Å²) in [5, 5.41) is 0.916. The standard InChI is InChI=1S/C22H19N3S/c23-19-13-11-16(12-14-19)15-26-22-24-20(17-7-3-1-4-8-17)21(25-22)18-9-5-2-6-10-18/h1-14H,15,23H2,(H,24,25). The average molecular weight is 357 g/mol. The molecule has 1 heterocycles. The zero-order chi connectivity index (χ0) is 17.8. The molecule has 26 heavy (non-hydrogen) atoms. The van der Waals surface area contributed by atoms with E-state index in [1.54, 1.807) is 11.8 Å². The number of nitrogens with two attached hydrogens (primary N) is 1. The molecule has 4 rings (SSSR count). The lowest BCUT2D eigenvalue weighted by Gasteiger charge is -2.02. The van der Waals surface area contributed by atoms with Gasteiger partial charge in [0.15, 0.2) is 5.16 Å². The molecule has 0 aliphatic rings. The Morgan fingerprint density at radius 3 is 2.04 bits per heavy atom. The molecule has 0 radical (unpaired) electrons. The van der Waals surface area contributed by atoms with Crippen LogP contribution in [0.1, 0.15) is 5.56 Å². The number of hydrogen-bond donors (Lipinski definition) is 2. The van der Waals surface area contributed by atoms with E-state index >= 15 is 0 Å². The zero-order valence-corrected chi connectivity index (χ0v) is 15.0. The van der Waals surface area contributed by atoms with Crippen LogP contribution in [-0.2, 0) is 5.75 Å². The van der Waals surface area contributed by atoms with E-state index in [9.17, 15) is 0 Å². The molecule has 3 aromatic carbocycles. The number of anilines is 1. The Hall–Kier alpha value is -2.98. The summed E-state index contributed by atoms with van der Waals surface area (Å²) >= 11 is 1.70. The molecule has 0 amide bonds. The molecule has 0 aliphatic heterocycles. The Kier molecular flexibility index (Phi) is 4.75. The fourth-order valence-corrected chi connectivity index (χ4v) is 3.63. The summed E-state index contributed by atoms with van der Waals surface area (Å²) < 4.78 is 0. The molecule has 3 N–H and O–H groups in total. The summed E-state index contributed by atoms with van der Waals surface area (Å²) in [4.78, 5) is 8.38. The first-order valence-electron chi connectivity index (χ1n) is 8.47. The Morgan fingerprint density at radius 2 is 1.38 bits per heavy atom. The van der Waals surface area contributed by atoms with Gasteiger partial charge in [-0.3, -0.25) is 0 Å². The van der Waals surface area contributed by atoms with Crippen molar-refractivity contribution in [3.05, 3.63) is 90.5 Å². The highest BCUT2D eigenvalue weighted by Crippen LogP contribution is 2.33. The van der Waals surface area contributed by atoms with Crippen LogP contribution in [0.5, 0.6) is 0 Å². The van der Waals surface area contributed by atoms with Crippen LogP contribution in [0, 0.1) is 0 Å². The fourth-order valence-electron chi connectivity index (χ4n) is 2.80.